The molecule has 0 radical (unpaired) electrons. The summed E-state index contributed by atoms with van der Waals surface area (Å²) in [6, 6.07) is 3.08. The Morgan fingerprint density at radius 3 is 2.49 bits per heavy atom. The molecule has 6 atom stereocenters. The lowest BCUT2D eigenvalue weighted by Crippen LogP contribution is -2.55. The normalized spacial score (nSPS) is 25.1. The van der Waals surface area contributed by atoms with Crippen LogP contribution < -0.4 is 36.2 Å². The number of amides is 2. The van der Waals surface area contributed by atoms with Crippen LogP contribution in [0.15, 0.2) is 43.1 Å². The average molecular weight is 977 g/mol. The predicted molar refractivity (Wildman–Crippen MR) is 242 cm³/mol. The largest absolute Gasteiger partial charge is 0.443 e. The molecule has 7 N–H and O–H groups in total. The van der Waals surface area contributed by atoms with Gasteiger partial charge >= 0.3 is 24.0 Å². The fraction of sp³-hybridized carbons (Fsp3) is 0.545. The van der Waals surface area contributed by atoms with Gasteiger partial charge in [-0.15, -0.1) is 4.68 Å². The van der Waals surface area contributed by atoms with E-state index in [4.69, 9.17) is 29.2 Å². The van der Waals surface area contributed by atoms with Crippen LogP contribution in [0.4, 0.5) is 56.4 Å². The number of aromatic amines is 2. The highest BCUT2D eigenvalue weighted by Gasteiger charge is 2.46. The van der Waals surface area contributed by atoms with Gasteiger partial charge in [0.25, 0.3) is 5.92 Å². The lowest BCUT2D eigenvalue weighted by Gasteiger charge is -2.38. The molecule has 26 heteroatoms. The quantitative estimate of drug-likeness (QED) is 0.0598. The molecule has 0 aromatic carbocycles. The van der Waals surface area contributed by atoms with Gasteiger partial charge in [0.05, 0.1) is 55.2 Å². The minimum Gasteiger partial charge on any atom is -0.443 e. The van der Waals surface area contributed by atoms with Crippen molar-refractivity contribution in [2.75, 3.05) is 61.4 Å². The molecule has 3 aliphatic heterocycles. The molecular formula is C44H54F4N17O5+. The van der Waals surface area contributed by atoms with Crippen LogP contribution in [0.3, 0.4) is 0 Å². The van der Waals surface area contributed by atoms with Crippen LogP contribution in [0.25, 0.3) is 17.0 Å². The summed E-state index contributed by atoms with van der Waals surface area (Å²) in [4.78, 5) is 47.9. The Kier molecular flexibility index (Phi) is 11.6. The number of alkyl halides is 4. The third kappa shape index (κ3) is 9.09. The van der Waals surface area contributed by atoms with Crippen LogP contribution in [0.2, 0.25) is 0 Å². The molecule has 2 amide bonds. The predicted octanol–water partition coefficient (Wildman–Crippen LogP) is 4.22. The third-order valence-electron chi connectivity index (χ3n) is 13.4. The molecule has 0 unspecified atom stereocenters. The highest BCUT2D eigenvalue weighted by Crippen LogP contribution is 2.40. The number of nitrogens with one attached hydrogen (secondary N) is 7. The maximum atomic E-state index is 16.3. The number of halogens is 4. The van der Waals surface area contributed by atoms with Crippen molar-refractivity contribution < 1.29 is 46.0 Å². The summed E-state index contributed by atoms with van der Waals surface area (Å²) in [6.07, 6.45) is 2.88. The Labute approximate surface area is 397 Å². The molecule has 3 saturated heterocycles. The Morgan fingerprint density at radius 2 is 1.71 bits per heavy atom. The average Bonchev–Trinajstić information content (AvgIpc) is 4.04. The van der Waals surface area contributed by atoms with E-state index >= 15 is 8.78 Å². The lowest BCUT2D eigenvalue weighted by atomic mass is 10.0. The molecule has 5 aliphatic rings. The number of alkyl carbamates (subject to hydrolysis) is 2. The number of aromatic nitrogens is 10. The van der Waals surface area contributed by atoms with E-state index in [1.165, 1.54) is 6.20 Å². The lowest BCUT2D eigenvalue weighted by molar-refractivity contribution is -0.641. The van der Waals surface area contributed by atoms with Gasteiger partial charge in [0.1, 0.15) is 18.4 Å². The molecule has 6 aromatic heterocycles. The number of fused-ring (bicyclic) bond motifs is 2. The molecular weight excluding hydrogens is 923 g/mol. The minimum atomic E-state index is -2.81. The van der Waals surface area contributed by atoms with Gasteiger partial charge in [-0.1, -0.05) is 0 Å². The summed E-state index contributed by atoms with van der Waals surface area (Å²) in [7, 11) is 0. The van der Waals surface area contributed by atoms with Crippen molar-refractivity contribution in [3.8, 4) is 5.69 Å². The summed E-state index contributed by atoms with van der Waals surface area (Å²) in [6.45, 7) is 7.63. The fourth-order valence-corrected chi connectivity index (χ4v) is 9.54. The second-order valence-corrected chi connectivity index (χ2v) is 19.3. The zero-order valence-corrected chi connectivity index (χ0v) is 38.6. The van der Waals surface area contributed by atoms with Crippen molar-refractivity contribution >= 4 is 52.7 Å². The molecule has 22 nitrogen and oxygen atoms in total. The van der Waals surface area contributed by atoms with Gasteiger partial charge in [-0.3, -0.25) is 14.4 Å². The fourth-order valence-electron chi connectivity index (χ4n) is 9.54. The van der Waals surface area contributed by atoms with E-state index in [1.54, 1.807) is 69.2 Å². The first-order valence-corrected chi connectivity index (χ1v) is 23.5. The maximum absolute atomic E-state index is 16.3. The van der Waals surface area contributed by atoms with Gasteiger partial charge in [0.15, 0.2) is 29.4 Å². The summed E-state index contributed by atoms with van der Waals surface area (Å²) < 4.78 is 82.1. The van der Waals surface area contributed by atoms with E-state index in [-0.39, 0.29) is 36.4 Å². The highest BCUT2D eigenvalue weighted by molar-refractivity contribution is 5.72. The smallest absolute Gasteiger partial charge is 0.407 e. The zero-order chi connectivity index (χ0) is 48.5. The van der Waals surface area contributed by atoms with E-state index in [0.717, 1.165) is 44.7 Å². The van der Waals surface area contributed by atoms with Crippen LogP contribution in [-0.2, 0) is 20.8 Å². The molecule has 11 rings (SSSR count). The molecule has 2 saturated carbocycles. The first-order valence-electron chi connectivity index (χ1n) is 23.5. The molecule has 2 aliphatic carbocycles. The van der Waals surface area contributed by atoms with Gasteiger partial charge < -0.3 is 40.4 Å². The van der Waals surface area contributed by atoms with E-state index in [9.17, 15) is 18.4 Å². The Hall–Kier alpha value is -6.80. The number of carbonyl (C=O) groups is 2. The van der Waals surface area contributed by atoms with Crippen LogP contribution in [0, 0.1) is 0 Å². The number of rotatable bonds is 14. The number of ether oxygens (including phenoxy) is 3. The van der Waals surface area contributed by atoms with Gasteiger partial charge in [0, 0.05) is 80.6 Å². The van der Waals surface area contributed by atoms with Crippen LogP contribution in [-0.4, -0.2) is 149 Å². The highest BCUT2D eigenvalue weighted by atomic mass is 19.3. The second-order valence-electron chi connectivity index (χ2n) is 19.3. The number of piperazine rings is 1. The maximum Gasteiger partial charge on any atom is 0.407 e. The number of nitrogens with zero attached hydrogens (tertiary/aromatic N) is 10. The van der Waals surface area contributed by atoms with Gasteiger partial charge in [-0.25, -0.2) is 56.9 Å². The molecule has 6 aromatic rings. The molecule has 372 valence electrons. The van der Waals surface area contributed by atoms with Crippen LogP contribution >= 0.6 is 0 Å². The molecule has 70 heavy (non-hydrogen) atoms. The van der Waals surface area contributed by atoms with Crippen molar-refractivity contribution in [2.24, 2.45) is 0 Å². The van der Waals surface area contributed by atoms with Crippen LogP contribution in [0.1, 0.15) is 75.6 Å². The number of imidazole rings is 2. The van der Waals surface area contributed by atoms with Gasteiger partial charge in [-0.2, -0.15) is 10.1 Å². The van der Waals surface area contributed by atoms with E-state index < -0.39 is 67.8 Å². The van der Waals surface area contributed by atoms with E-state index in [0.29, 0.717) is 58.8 Å². The Balaban J connectivity index is 0.927. The van der Waals surface area contributed by atoms with Gasteiger partial charge in [0.2, 0.25) is 11.6 Å². The standard InChI is InChI=1S/C44H53F4N17O5/c1-23(2)53-41(66)70-31-20-68-36(35(31)46)27-15-33(56-40-51-16-28(37-50-10-13-63(37)40)62-11-8-49-9-12-62)65(60-27)29-17-52-39(64-19-24(54-38(29)64)18-61-21-44(47,48)22-61)55-32-14-26(58-59-32)25-4-5-30(34(25)45)69-42(67)57-43(3)6-7-43/h10,13-17,19,23,25,30-31,34-36,49H,4-9,11-12,18,20-22H2,1-3H3,(H5,50,51,52,53,54,55,56,57,58,59,60,66,67)/p+1/t25-,30-,31-,34-,35-,36-/m0/s1. The topological polar surface area (TPSA) is 237 Å². The Bertz CT molecular complexity index is 2900. The van der Waals surface area contributed by atoms with E-state index in [1.807, 2.05) is 6.92 Å². The number of likely N-dealkylation sites (tertiary alicyclic amines) is 1. The molecule has 9 heterocycles. The van der Waals surface area contributed by atoms with Crippen molar-refractivity contribution in [2.45, 2.75) is 107 Å². The molecule has 5 fully saturated rings. The summed E-state index contributed by atoms with van der Waals surface area (Å²) in [5.41, 5.74) is 3.07. The number of hydrogen-bond acceptors (Lipinski definition) is 15. The number of carbonyl (C=O) groups excluding carboxylic acids is 2. The van der Waals surface area contributed by atoms with Crippen molar-refractivity contribution in [3.05, 3.63) is 60.2 Å². The number of hydrogen-bond donors (Lipinski definition) is 7. The second kappa shape index (κ2) is 17.9. The third-order valence-corrected chi connectivity index (χ3v) is 13.4. The SMILES string of the molecule is CC(C)NC(=O)O[C@H]1CO[C@@H](c2cc(Nc3ncc(N4CCNCC4)c4nccn34)[n+](-c3cnc(Nc4cc([C@@H]5CC[C@H](OC(=O)NC6(C)CC6)[C@H]5F)[nH]n4)n4cc(CN5CC(F)(F)C5)nc34)[nH]2)[C@H]1F. The molecule has 0 bridgehead atoms. The minimum absolute atomic E-state index is 0.0989. The first-order chi connectivity index (χ1) is 33.7. The summed E-state index contributed by atoms with van der Waals surface area (Å²) >= 11 is 0. The first kappa shape index (κ1) is 45.6. The van der Waals surface area contributed by atoms with Crippen molar-refractivity contribution in [3.63, 3.8) is 0 Å². The van der Waals surface area contributed by atoms with Crippen molar-refractivity contribution in [1.29, 1.82) is 0 Å². The van der Waals surface area contributed by atoms with E-state index in [2.05, 4.69) is 51.8 Å². The summed E-state index contributed by atoms with van der Waals surface area (Å²) in [5, 5.41) is 26.0. The number of anilines is 5. The van der Waals surface area contributed by atoms with Gasteiger partial charge in [-0.05, 0) is 46.5 Å². The monoisotopic (exact) mass is 976 g/mol. The zero-order valence-electron chi connectivity index (χ0n) is 38.6. The summed E-state index contributed by atoms with van der Waals surface area (Å²) in [5.74, 6) is -2.18. The van der Waals surface area contributed by atoms with Crippen molar-refractivity contribution in [1.82, 2.24) is 64.9 Å². The van der Waals surface area contributed by atoms with Crippen LogP contribution in [0.5, 0.6) is 0 Å². The molecule has 0 spiro atoms. The number of H-pyrrole nitrogens is 2. The Morgan fingerprint density at radius 1 is 0.943 bits per heavy atom.